The van der Waals surface area contributed by atoms with E-state index in [0.29, 0.717) is 29.4 Å². The largest absolute Gasteiger partial charge is 0.493 e. The van der Waals surface area contributed by atoms with Crippen molar-refractivity contribution in [2.75, 3.05) is 46.9 Å². The number of carbonyl (C=O) groups is 1. The average Bonchev–Trinajstić information content (AvgIpc) is 2.86. The smallest absolute Gasteiger partial charge is 0.343 e. The maximum atomic E-state index is 12.8. The topological polar surface area (TPSA) is 51.2 Å². The lowest BCUT2D eigenvalue weighted by atomic mass is 10.1. The predicted molar refractivity (Wildman–Crippen MR) is 146 cm³/mol. The van der Waals surface area contributed by atoms with Gasteiger partial charge in [-0.3, -0.25) is 4.90 Å². The standard InChI is InChI=1S/C27H38N2O4.2ClH/c1-4-5-6-7-11-16-28-17-19-29(20-18-28)21-23-14-15-24(31-2)26(32-3)25(23)33-27(30)22-12-9-8-10-13-22;;/h8-10,12-15H,4-7,11,16-21H2,1-3H3;2*1H. The summed E-state index contributed by atoms with van der Waals surface area (Å²) in [6, 6.07) is 12.9. The summed E-state index contributed by atoms with van der Waals surface area (Å²) in [5.74, 6) is 1.02. The van der Waals surface area contributed by atoms with Crippen LogP contribution >= 0.6 is 24.8 Å². The first-order chi connectivity index (χ1) is 16.2. The molecule has 3 rings (SSSR count). The number of carbonyl (C=O) groups excluding carboxylic acids is 1. The number of ether oxygens (including phenoxy) is 3. The maximum absolute atomic E-state index is 12.8. The summed E-state index contributed by atoms with van der Waals surface area (Å²) in [5.41, 5.74) is 1.42. The monoisotopic (exact) mass is 526 g/mol. The lowest BCUT2D eigenvalue weighted by Gasteiger charge is -2.35. The lowest BCUT2D eigenvalue weighted by molar-refractivity contribution is 0.0723. The molecule has 35 heavy (non-hydrogen) atoms. The van der Waals surface area contributed by atoms with Gasteiger partial charge in [0.15, 0.2) is 11.5 Å². The van der Waals surface area contributed by atoms with E-state index < -0.39 is 5.97 Å². The third kappa shape index (κ3) is 9.19. The number of methoxy groups -OCH3 is 2. The lowest BCUT2D eigenvalue weighted by Crippen LogP contribution is -2.46. The molecule has 8 heteroatoms. The molecule has 0 atom stereocenters. The second-order valence-electron chi connectivity index (χ2n) is 8.58. The van der Waals surface area contributed by atoms with E-state index in [0.717, 1.165) is 31.7 Å². The fourth-order valence-corrected chi connectivity index (χ4v) is 4.25. The molecule has 0 unspecified atom stereocenters. The summed E-state index contributed by atoms with van der Waals surface area (Å²) >= 11 is 0. The summed E-state index contributed by atoms with van der Waals surface area (Å²) in [6.45, 7) is 8.27. The first-order valence-electron chi connectivity index (χ1n) is 12.1. The highest BCUT2D eigenvalue weighted by Crippen LogP contribution is 2.41. The number of hydrogen-bond donors (Lipinski definition) is 0. The van der Waals surface area contributed by atoms with Crippen molar-refractivity contribution in [1.82, 2.24) is 9.80 Å². The first-order valence-corrected chi connectivity index (χ1v) is 12.1. The zero-order valence-electron chi connectivity index (χ0n) is 21.2. The molecule has 196 valence electrons. The van der Waals surface area contributed by atoms with Crippen LogP contribution < -0.4 is 14.2 Å². The molecule has 0 bridgehead atoms. The van der Waals surface area contributed by atoms with Crippen molar-refractivity contribution in [3.63, 3.8) is 0 Å². The molecule has 1 aliphatic heterocycles. The van der Waals surface area contributed by atoms with Gasteiger partial charge in [0.05, 0.1) is 19.8 Å². The third-order valence-electron chi connectivity index (χ3n) is 6.22. The molecule has 1 fully saturated rings. The zero-order chi connectivity index (χ0) is 23.5. The van der Waals surface area contributed by atoms with Crippen LogP contribution in [-0.4, -0.2) is 62.7 Å². The Labute approximate surface area is 222 Å². The quantitative estimate of drug-likeness (QED) is 0.196. The Morgan fingerprint density at radius 1 is 0.800 bits per heavy atom. The van der Waals surface area contributed by atoms with Crippen LogP contribution in [0.5, 0.6) is 17.2 Å². The van der Waals surface area contributed by atoms with E-state index >= 15 is 0 Å². The highest BCUT2D eigenvalue weighted by atomic mass is 35.5. The molecular weight excluding hydrogens is 487 g/mol. The molecule has 1 heterocycles. The molecule has 0 radical (unpaired) electrons. The van der Waals surface area contributed by atoms with Gasteiger partial charge in [0.25, 0.3) is 0 Å². The molecule has 1 saturated heterocycles. The molecule has 6 nitrogen and oxygen atoms in total. The van der Waals surface area contributed by atoms with Crippen LogP contribution in [0, 0.1) is 0 Å². The summed E-state index contributed by atoms with van der Waals surface area (Å²) < 4.78 is 16.9. The van der Waals surface area contributed by atoms with Crippen molar-refractivity contribution in [1.29, 1.82) is 0 Å². The normalized spacial score (nSPS) is 13.9. The first kappa shape index (κ1) is 31.0. The zero-order valence-corrected chi connectivity index (χ0v) is 22.8. The minimum absolute atomic E-state index is 0. The van der Waals surface area contributed by atoms with Crippen LogP contribution in [-0.2, 0) is 6.54 Å². The number of piperazine rings is 1. The van der Waals surface area contributed by atoms with E-state index in [9.17, 15) is 4.79 Å². The van der Waals surface area contributed by atoms with Gasteiger partial charge in [0.2, 0.25) is 5.75 Å². The number of esters is 1. The molecule has 0 saturated carbocycles. The third-order valence-corrected chi connectivity index (χ3v) is 6.22. The van der Waals surface area contributed by atoms with Crippen molar-refractivity contribution in [2.24, 2.45) is 0 Å². The van der Waals surface area contributed by atoms with E-state index in [1.165, 1.54) is 38.6 Å². The molecule has 0 aromatic heterocycles. The number of hydrogen-bond acceptors (Lipinski definition) is 6. The number of rotatable bonds is 12. The van der Waals surface area contributed by atoms with Crippen LogP contribution in [0.2, 0.25) is 0 Å². The van der Waals surface area contributed by atoms with Crippen molar-refractivity contribution in [2.45, 2.75) is 45.6 Å². The van der Waals surface area contributed by atoms with Crippen LogP contribution in [0.15, 0.2) is 42.5 Å². The summed E-state index contributed by atoms with van der Waals surface area (Å²) in [4.78, 5) is 17.8. The van der Waals surface area contributed by atoms with E-state index in [-0.39, 0.29) is 24.8 Å². The van der Waals surface area contributed by atoms with Crippen LogP contribution in [0.3, 0.4) is 0 Å². The number of benzene rings is 2. The Morgan fingerprint density at radius 3 is 2.09 bits per heavy atom. The van der Waals surface area contributed by atoms with Crippen molar-refractivity contribution in [3.05, 3.63) is 53.6 Å². The Morgan fingerprint density at radius 2 is 1.46 bits per heavy atom. The van der Waals surface area contributed by atoms with E-state index in [4.69, 9.17) is 14.2 Å². The minimum Gasteiger partial charge on any atom is -0.493 e. The van der Waals surface area contributed by atoms with Crippen molar-refractivity contribution in [3.8, 4) is 17.2 Å². The average molecular weight is 528 g/mol. The van der Waals surface area contributed by atoms with Crippen molar-refractivity contribution >= 4 is 30.8 Å². The van der Waals surface area contributed by atoms with Crippen LogP contribution in [0.4, 0.5) is 0 Å². The van der Waals surface area contributed by atoms with Gasteiger partial charge in [-0.05, 0) is 31.2 Å². The Hall–Kier alpha value is -1.99. The van der Waals surface area contributed by atoms with Gasteiger partial charge in [0.1, 0.15) is 0 Å². The van der Waals surface area contributed by atoms with Gasteiger partial charge in [0, 0.05) is 38.3 Å². The predicted octanol–water partition coefficient (Wildman–Crippen LogP) is 5.85. The SMILES string of the molecule is CCCCCCCN1CCN(Cc2ccc(OC)c(OC)c2OC(=O)c2ccccc2)CC1.Cl.Cl. The second-order valence-corrected chi connectivity index (χ2v) is 8.58. The molecule has 1 aliphatic rings. The van der Waals surface area contributed by atoms with Gasteiger partial charge in [-0.25, -0.2) is 4.79 Å². The number of halogens is 2. The van der Waals surface area contributed by atoms with Gasteiger partial charge in [-0.2, -0.15) is 0 Å². The summed E-state index contributed by atoms with van der Waals surface area (Å²) in [6.07, 6.45) is 6.60. The Kier molecular flexibility index (Phi) is 14.8. The number of unbranched alkanes of at least 4 members (excludes halogenated alkanes) is 4. The van der Waals surface area contributed by atoms with Crippen LogP contribution in [0.25, 0.3) is 0 Å². The molecule has 0 aliphatic carbocycles. The van der Waals surface area contributed by atoms with Gasteiger partial charge in [-0.1, -0.05) is 56.9 Å². The van der Waals surface area contributed by atoms with E-state index in [2.05, 4.69) is 16.7 Å². The molecule has 0 N–H and O–H groups in total. The fraction of sp³-hybridized carbons (Fsp3) is 0.519. The highest BCUT2D eigenvalue weighted by molar-refractivity contribution is 5.91. The second kappa shape index (κ2) is 16.6. The Bertz CT molecular complexity index is 875. The summed E-state index contributed by atoms with van der Waals surface area (Å²) in [7, 11) is 3.16. The van der Waals surface area contributed by atoms with Gasteiger partial charge in [-0.15, -0.1) is 24.8 Å². The number of nitrogens with zero attached hydrogens (tertiary/aromatic N) is 2. The fourth-order valence-electron chi connectivity index (χ4n) is 4.25. The molecular formula is C27H40Cl2N2O4. The van der Waals surface area contributed by atoms with Gasteiger partial charge < -0.3 is 19.1 Å². The van der Waals surface area contributed by atoms with Crippen LogP contribution in [0.1, 0.15) is 54.9 Å². The van der Waals surface area contributed by atoms with Crippen molar-refractivity contribution < 1.29 is 19.0 Å². The van der Waals surface area contributed by atoms with Gasteiger partial charge >= 0.3 is 5.97 Å². The maximum Gasteiger partial charge on any atom is 0.343 e. The summed E-state index contributed by atoms with van der Waals surface area (Å²) in [5, 5.41) is 0. The molecule has 0 spiro atoms. The molecule has 2 aromatic carbocycles. The Balaban J connectivity index is 0.00000306. The minimum atomic E-state index is -0.406. The van der Waals surface area contributed by atoms with E-state index in [1.54, 1.807) is 26.4 Å². The van der Waals surface area contributed by atoms with E-state index in [1.807, 2.05) is 30.3 Å². The molecule has 2 aromatic rings. The molecule has 0 amide bonds. The highest BCUT2D eigenvalue weighted by Gasteiger charge is 2.23.